The lowest BCUT2D eigenvalue weighted by atomic mass is 10.3. The molecule has 0 unspecified atom stereocenters. The monoisotopic (exact) mass is 141 g/mol. The van der Waals surface area contributed by atoms with E-state index < -0.39 is 0 Å². The molecule has 10 heavy (non-hydrogen) atoms. The number of hydrogen-bond donors (Lipinski definition) is 0. The van der Waals surface area contributed by atoms with Crippen LogP contribution in [0.5, 0.6) is 0 Å². The van der Waals surface area contributed by atoms with E-state index in [1.54, 1.807) is 0 Å². The van der Waals surface area contributed by atoms with E-state index in [4.69, 9.17) is 0 Å². The summed E-state index contributed by atoms with van der Waals surface area (Å²) in [4.78, 5) is 2.33. The highest BCUT2D eigenvalue weighted by Crippen LogP contribution is 1.91. The van der Waals surface area contributed by atoms with Crippen LogP contribution < -0.4 is 0 Å². The predicted molar refractivity (Wildman–Crippen MR) is 47.2 cm³/mol. The second kappa shape index (κ2) is 5.48. The van der Waals surface area contributed by atoms with Crippen molar-refractivity contribution in [2.75, 3.05) is 20.1 Å². The first-order chi connectivity index (χ1) is 4.66. The van der Waals surface area contributed by atoms with Gasteiger partial charge in [0.15, 0.2) is 0 Å². The van der Waals surface area contributed by atoms with Crippen molar-refractivity contribution < 1.29 is 0 Å². The quantitative estimate of drug-likeness (QED) is 0.543. The second-order valence-electron chi connectivity index (χ2n) is 3.04. The van der Waals surface area contributed by atoms with E-state index in [2.05, 4.69) is 38.8 Å². The smallest absolute Gasteiger partial charge is 0.0162 e. The standard InChI is InChI=1S/C9H19N/c1-5-7-10(4)8-6-9(2)3/h6H,5,7-8H2,1-4H3. The fraction of sp³-hybridized carbons (Fsp3) is 0.778. The Morgan fingerprint density at radius 2 is 2.00 bits per heavy atom. The third-order valence-electron chi connectivity index (χ3n) is 1.42. The number of nitrogens with zero attached hydrogens (tertiary/aromatic N) is 1. The van der Waals surface area contributed by atoms with Crippen molar-refractivity contribution in [1.29, 1.82) is 0 Å². The first kappa shape index (κ1) is 9.70. The maximum Gasteiger partial charge on any atom is 0.0162 e. The summed E-state index contributed by atoms with van der Waals surface area (Å²) >= 11 is 0. The van der Waals surface area contributed by atoms with E-state index in [-0.39, 0.29) is 0 Å². The van der Waals surface area contributed by atoms with E-state index in [1.807, 2.05) is 0 Å². The first-order valence-corrected chi connectivity index (χ1v) is 3.98. The molecule has 0 spiro atoms. The Hall–Kier alpha value is -0.300. The molecule has 0 aliphatic carbocycles. The molecule has 0 aliphatic heterocycles. The van der Waals surface area contributed by atoms with Crippen LogP contribution in [0.1, 0.15) is 27.2 Å². The summed E-state index contributed by atoms with van der Waals surface area (Å²) in [6.45, 7) is 8.78. The maximum absolute atomic E-state index is 2.33. The van der Waals surface area contributed by atoms with Gasteiger partial charge in [-0.15, -0.1) is 0 Å². The third kappa shape index (κ3) is 5.83. The largest absolute Gasteiger partial charge is 0.303 e. The highest BCUT2D eigenvalue weighted by Gasteiger charge is 1.90. The molecule has 0 atom stereocenters. The minimum Gasteiger partial charge on any atom is -0.303 e. The Labute approximate surface area is 64.7 Å². The summed E-state index contributed by atoms with van der Waals surface area (Å²) in [7, 11) is 2.16. The zero-order valence-electron chi connectivity index (χ0n) is 7.65. The lowest BCUT2D eigenvalue weighted by Gasteiger charge is -2.12. The third-order valence-corrected chi connectivity index (χ3v) is 1.42. The number of likely N-dealkylation sites (N-methyl/N-ethyl adjacent to an activating group) is 1. The van der Waals surface area contributed by atoms with Crippen molar-refractivity contribution in [1.82, 2.24) is 4.90 Å². The molecule has 1 nitrogen and oxygen atoms in total. The zero-order chi connectivity index (χ0) is 7.98. The fourth-order valence-electron chi connectivity index (χ4n) is 0.811. The molecule has 0 N–H and O–H groups in total. The summed E-state index contributed by atoms with van der Waals surface area (Å²) in [5.41, 5.74) is 1.41. The summed E-state index contributed by atoms with van der Waals surface area (Å²) in [6, 6.07) is 0. The minimum atomic E-state index is 1.09. The minimum absolute atomic E-state index is 1.09. The molecule has 0 fully saturated rings. The highest BCUT2D eigenvalue weighted by atomic mass is 15.1. The van der Waals surface area contributed by atoms with Gasteiger partial charge in [0, 0.05) is 6.54 Å². The van der Waals surface area contributed by atoms with Gasteiger partial charge in [-0.05, 0) is 33.9 Å². The van der Waals surface area contributed by atoms with Crippen LogP contribution in [0.4, 0.5) is 0 Å². The Morgan fingerprint density at radius 3 is 2.40 bits per heavy atom. The van der Waals surface area contributed by atoms with Crippen molar-refractivity contribution in [2.24, 2.45) is 0 Å². The predicted octanol–water partition coefficient (Wildman–Crippen LogP) is 2.29. The summed E-state index contributed by atoms with van der Waals surface area (Å²) in [6.07, 6.45) is 3.50. The molecule has 1 heteroatoms. The molecule has 0 bridgehead atoms. The van der Waals surface area contributed by atoms with Gasteiger partial charge in [-0.25, -0.2) is 0 Å². The molecule has 0 aliphatic rings. The molecule has 0 aromatic heterocycles. The van der Waals surface area contributed by atoms with E-state index in [0.717, 1.165) is 6.54 Å². The van der Waals surface area contributed by atoms with E-state index in [0.29, 0.717) is 0 Å². The number of allylic oxidation sites excluding steroid dienone is 1. The molecule has 0 amide bonds. The lowest BCUT2D eigenvalue weighted by Crippen LogP contribution is -2.18. The highest BCUT2D eigenvalue weighted by molar-refractivity contribution is 4.94. The van der Waals surface area contributed by atoms with Crippen LogP contribution in [-0.2, 0) is 0 Å². The number of hydrogen-bond acceptors (Lipinski definition) is 1. The molecule has 0 heterocycles. The van der Waals surface area contributed by atoms with Crippen LogP contribution in [0.15, 0.2) is 11.6 Å². The zero-order valence-corrected chi connectivity index (χ0v) is 7.65. The second-order valence-corrected chi connectivity index (χ2v) is 3.04. The molecule has 0 aromatic carbocycles. The fourth-order valence-corrected chi connectivity index (χ4v) is 0.811. The van der Waals surface area contributed by atoms with Gasteiger partial charge in [0.2, 0.25) is 0 Å². The van der Waals surface area contributed by atoms with Gasteiger partial charge in [-0.3, -0.25) is 0 Å². The molecule has 0 rings (SSSR count). The van der Waals surface area contributed by atoms with Crippen molar-refractivity contribution in [3.05, 3.63) is 11.6 Å². The van der Waals surface area contributed by atoms with Crippen molar-refractivity contribution >= 4 is 0 Å². The summed E-state index contributed by atoms with van der Waals surface area (Å²) in [5.74, 6) is 0. The van der Waals surface area contributed by atoms with Gasteiger partial charge < -0.3 is 4.90 Å². The van der Waals surface area contributed by atoms with Crippen molar-refractivity contribution in [2.45, 2.75) is 27.2 Å². The summed E-state index contributed by atoms with van der Waals surface area (Å²) < 4.78 is 0. The summed E-state index contributed by atoms with van der Waals surface area (Å²) in [5, 5.41) is 0. The number of rotatable bonds is 4. The van der Waals surface area contributed by atoms with E-state index >= 15 is 0 Å². The van der Waals surface area contributed by atoms with Gasteiger partial charge in [0.1, 0.15) is 0 Å². The van der Waals surface area contributed by atoms with Crippen LogP contribution in [0, 0.1) is 0 Å². The maximum atomic E-state index is 2.33. The van der Waals surface area contributed by atoms with Gasteiger partial charge in [-0.2, -0.15) is 0 Å². The van der Waals surface area contributed by atoms with Crippen LogP contribution in [-0.4, -0.2) is 25.0 Å². The van der Waals surface area contributed by atoms with E-state index in [1.165, 1.54) is 18.5 Å². The van der Waals surface area contributed by atoms with Gasteiger partial charge in [-0.1, -0.05) is 18.6 Å². The molecular formula is C9H19N. The van der Waals surface area contributed by atoms with Crippen LogP contribution in [0.25, 0.3) is 0 Å². The SMILES string of the molecule is CCCN(C)CC=C(C)C. The van der Waals surface area contributed by atoms with Crippen LogP contribution in [0.2, 0.25) is 0 Å². The van der Waals surface area contributed by atoms with Gasteiger partial charge in [0.25, 0.3) is 0 Å². The average Bonchev–Trinajstić information content (AvgIpc) is 1.85. The topological polar surface area (TPSA) is 3.24 Å². The lowest BCUT2D eigenvalue weighted by molar-refractivity contribution is 0.370. The van der Waals surface area contributed by atoms with Gasteiger partial charge in [0.05, 0.1) is 0 Å². The molecule has 60 valence electrons. The molecule has 0 saturated carbocycles. The van der Waals surface area contributed by atoms with Crippen LogP contribution >= 0.6 is 0 Å². The van der Waals surface area contributed by atoms with Crippen molar-refractivity contribution in [3.63, 3.8) is 0 Å². The van der Waals surface area contributed by atoms with Crippen molar-refractivity contribution in [3.8, 4) is 0 Å². The molecule has 0 aromatic rings. The normalized spacial score (nSPS) is 10.1. The van der Waals surface area contributed by atoms with Crippen LogP contribution in [0.3, 0.4) is 0 Å². The molecular weight excluding hydrogens is 122 g/mol. The van der Waals surface area contributed by atoms with Gasteiger partial charge >= 0.3 is 0 Å². The Kier molecular flexibility index (Phi) is 5.32. The Balaban J connectivity index is 3.38. The molecule has 0 saturated heterocycles. The Bertz CT molecular complexity index is 101. The van der Waals surface area contributed by atoms with E-state index in [9.17, 15) is 0 Å². The average molecular weight is 141 g/mol. The Morgan fingerprint density at radius 1 is 1.40 bits per heavy atom. The first-order valence-electron chi connectivity index (χ1n) is 3.98. The molecule has 0 radical (unpaired) electrons.